The van der Waals surface area contributed by atoms with Gasteiger partial charge >= 0.3 is 5.97 Å². The zero-order valence-electron chi connectivity index (χ0n) is 18.8. The van der Waals surface area contributed by atoms with Crippen molar-refractivity contribution in [2.24, 2.45) is 5.10 Å². The van der Waals surface area contributed by atoms with Gasteiger partial charge in [0.15, 0.2) is 11.0 Å². The maximum Gasteiger partial charge on any atom is 0.337 e. The Morgan fingerprint density at radius 3 is 2.53 bits per heavy atom. The number of amides is 1. The van der Waals surface area contributed by atoms with Crippen LogP contribution < -0.4 is 5.43 Å². The monoisotopic (exact) mass is 541 g/mol. The lowest BCUT2D eigenvalue weighted by molar-refractivity contribution is -0.118. The van der Waals surface area contributed by atoms with Crippen molar-refractivity contribution in [3.05, 3.63) is 76.3 Å². The van der Waals surface area contributed by atoms with Gasteiger partial charge in [-0.1, -0.05) is 57.5 Å². The molecule has 1 heterocycles. The number of ether oxygens (including phenoxy) is 1. The van der Waals surface area contributed by atoms with E-state index in [0.717, 1.165) is 33.4 Å². The average Bonchev–Trinajstić information content (AvgIpc) is 3.24. The lowest BCUT2D eigenvalue weighted by Crippen LogP contribution is -2.20. The van der Waals surface area contributed by atoms with Gasteiger partial charge in [0.1, 0.15) is 0 Å². The van der Waals surface area contributed by atoms with E-state index in [0.29, 0.717) is 17.3 Å². The Balaban J connectivity index is 1.62. The molecule has 0 spiro atoms. The van der Waals surface area contributed by atoms with Crippen LogP contribution >= 0.6 is 27.7 Å². The number of methoxy groups -OCH3 is 1. The molecule has 0 radical (unpaired) electrons. The Bertz CT molecular complexity index is 1190. The second-order valence-corrected chi connectivity index (χ2v) is 9.23. The van der Waals surface area contributed by atoms with Crippen molar-refractivity contribution >= 4 is 45.8 Å². The normalized spacial score (nSPS) is 10.9. The molecule has 0 saturated carbocycles. The van der Waals surface area contributed by atoms with E-state index in [1.807, 2.05) is 35.8 Å². The fourth-order valence-corrected chi connectivity index (χ4v) is 3.90. The fraction of sp³-hybridized carbons (Fsp3) is 0.208. The second kappa shape index (κ2) is 12.3. The number of halogens is 1. The van der Waals surface area contributed by atoms with Crippen LogP contribution in [0.3, 0.4) is 0 Å². The number of benzene rings is 2. The Labute approximate surface area is 210 Å². The highest BCUT2D eigenvalue weighted by molar-refractivity contribution is 9.10. The molecule has 1 amide bonds. The SMILES string of the molecule is C=C(C)CCn1c(SCC(=O)NN=Cc2ccc(C(=O)OC)cc2)nnc1-c1ccc(Br)cc1. The molecule has 10 heteroatoms. The molecular weight excluding hydrogens is 518 g/mol. The van der Waals surface area contributed by atoms with E-state index in [1.165, 1.54) is 25.1 Å². The predicted octanol–water partition coefficient (Wildman–Crippen LogP) is 4.70. The minimum Gasteiger partial charge on any atom is -0.465 e. The third-order valence-electron chi connectivity index (χ3n) is 4.65. The number of carbonyl (C=O) groups is 2. The number of nitrogens with one attached hydrogen (secondary N) is 1. The van der Waals surface area contributed by atoms with Crippen LogP contribution in [0.25, 0.3) is 11.4 Å². The van der Waals surface area contributed by atoms with E-state index in [4.69, 9.17) is 0 Å². The molecule has 2 aromatic carbocycles. The number of aromatic nitrogens is 3. The molecule has 1 N–H and O–H groups in total. The van der Waals surface area contributed by atoms with Crippen LogP contribution in [0.15, 0.2) is 75.4 Å². The topological polar surface area (TPSA) is 98.5 Å². The van der Waals surface area contributed by atoms with Crippen molar-refractivity contribution < 1.29 is 14.3 Å². The minimum atomic E-state index is -0.409. The number of nitrogens with zero attached hydrogens (tertiary/aromatic N) is 4. The van der Waals surface area contributed by atoms with Gasteiger partial charge in [-0.3, -0.25) is 4.79 Å². The lowest BCUT2D eigenvalue weighted by atomic mass is 10.1. The Morgan fingerprint density at radius 1 is 1.18 bits per heavy atom. The van der Waals surface area contributed by atoms with E-state index in [1.54, 1.807) is 24.3 Å². The van der Waals surface area contributed by atoms with Crippen LogP contribution in [-0.4, -0.2) is 45.7 Å². The number of carbonyl (C=O) groups excluding carboxylic acids is 2. The van der Waals surface area contributed by atoms with E-state index in [2.05, 4.69) is 48.0 Å². The molecule has 0 fully saturated rings. The predicted molar refractivity (Wildman–Crippen MR) is 137 cm³/mol. The standard InChI is InChI=1S/C24H24BrN5O3S/c1-16(2)12-13-30-22(18-8-10-20(25)11-9-18)28-29-24(30)34-15-21(31)27-26-14-17-4-6-19(7-5-17)23(32)33-3/h4-11,14H,1,12-13,15H2,2-3H3,(H,27,31). The zero-order chi connectivity index (χ0) is 24.5. The van der Waals surface area contributed by atoms with Crippen molar-refractivity contribution in [1.29, 1.82) is 0 Å². The molecule has 34 heavy (non-hydrogen) atoms. The smallest absolute Gasteiger partial charge is 0.337 e. The van der Waals surface area contributed by atoms with Gasteiger partial charge in [0.2, 0.25) is 0 Å². The summed E-state index contributed by atoms with van der Waals surface area (Å²) >= 11 is 4.74. The van der Waals surface area contributed by atoms with E-state index in [9.17, 15) is 9.59 Å². The summed E-state index contributed by atoms with van der Waals surface area (Å²) in [7, 11) is 1.33. The molecule has 1 aromatic heterocycles. The van der Waals surface area contributed by atoms with Gasteiger partial charge in [-0.25, -0.2) is 10.2 Å². The Kier molecular flexibility index (Phi) is 9.17. The number of hydrazone groups is 1. The second-order valence-electron chi connectivity index (χ2n) is 7.37. The molecule has 0 aliphatic heterocycles. The highest BCUT2D eigenvalue weighted by Crippen LogP contribution is 2.26. The summed E-state index contributed by atoms with van der Waals surface area (Å²) < 4.78 is 7.65. The molecule has 8 nitrogen and oxygen atoms in total. The number of thioether (sulfide) groups is 1. The first-order chi connectivity index (χ1) is 16.4. The van der Waals surface area contributed by atoms with Crippen molar-refractivity contribution in [1.82, 2.24) is 20.2 Å². The number of rotatable bonds is 10. The molecule has 3 rings (SSSR count). The molecular formula is C24H24BrN5O3S. The van der Waals surface area contributed by atoms with E-state index in [-0.39, 0.29) is 11.7 Å². The number of allylic oxidation sites excluding steroid dienone is 1. The van der Waals surface area contributed by atoms with Crippen molar-refractivity contribution in [3.63, 3.8) is 0 Å². The molecule has 3 aromatic rings. The quantitative estimate of drug-likeness (QED) is 0.131. The van der Waals surface area contributed by atoms with Crippen molar-refractivity contribution in [3.8, 4) is 11.4 Å². The summed E-state index contributed by atoms with van der Waals surface area (Å²) in [6, 6.07) is 14.5. The zero-order valence-corrected chi connectivity index (χ0v) is 21.2. The van der Waals surface area contributed by atoms with Crippen LogP contribution in [0.2, 0.25) is 0 Å². The van der Waals surface area contributed by atoms with Gasteiger partial charge in [0.05, 0.1) is 24.6 Å². The largest absolute Gasteiger partial charge is 0.465 e. The van der Waals surface area contributed by atoms with Gasteiger partial charge in [-0.2, -0.15) is 5.10 Å². The van der Waals surface area contributed by atoms with Crippen LogP contribution in [0.4, 0.5) is 0 Å². The summed E-state index contributed by atoms with van der Waals surface area (Å²) in [5.41, 5.74) is 5.68. The van der Waals surface area contributed by atoms with Crippen LogP contribution in [0.1, 0.15) is 29.3 Å². The molecule has 0 unspecified atom stereocenters. The first-order valence-electron chi connectivity index (χ1n) is 10.3. The summed E-state index contributed by atoms with van der Waals surface area (Å²) in [5, 5.41) is 13.3. The molecule has 0 atom stereocenters. The average molecular weight is 542 g/mol. The maximum absolute atomic E-state index is 12.3. The first kappa shape index (κ1) is 25.4. The Hall–Kier alpha value is -3.24. The molecule has 176 valence electrons. The van der Waals surface area contributed by atoms with E-state index < -0.39 is 5.97 Å². The number of esters is 1. The Morgan fingerprint density at radius 2 is 1.88 bits per heavy atom. The fourth-order valence-electron chi connectivity index (χ4n) is 2.88. The number of hydrogen-bond acceptors (Lipinski definition) is 7. The minimum absolute atomic E-state index is 0.129. The number of hydrogen-bond donors (Lipinski definition) is 1. The third-order valence-corrected chi connectivity index (χ3v) is 6.14. The molecule has 0 aliphatic carbocycles. The summed E-state index contributed by atoms with van der Waals surface area (Å²) in [6.07, 6.45) is 2.28. The summed E-state index contributed by atoms with van der Waals surface area (Å²) in [4.78, 5) is 23.8. The maximum atomic E-state index is 12.3. The van der Waals surface area contributed by atoms with Crippen LogP contribution in [0.5, 0.6) is 0 Å². The molecule has 0 saturated heterocycles. The van der Waals surface area contributed by atoms with Gasteiger partial charge in [0.25, 0.3) is 5.91 Å². The van der Waals surface area contributed by atoms with Gasteiger partial charge in [-0.15, -0.1) is 16.8 Å². The van der Waals surface area contributed by atoms with Crippen LogP contribution in [0, 0.1) is 0 Å². The van der Waals surface area contributed by atoms with E-state index >= 15 is 0 Å². The van der Waals surface area contributed by atoms with Gasteiger partial charge in [0, 0.05) is 16.6 Å². The highest BCUT2D eigenvalue weighted by Gasteiger charge is 2.15. The third kappa shape index (κ3) is 7.13. The van der Waals surface area contributed by atoms with Crippen molar-refractivity contribution in [2.75, 3.05) is 12.9 Å². The highest BCUT2D eigenvalue weighted by atomic mass is 79.9. The molecule has 0 aliphatic rings. The van der Waals surface area contributed by atoms with Gasteiger partial charge in [-0.05, 0) is 43.2 Å². The lowest BCUT2D eigenvalue weighted by Gasteiger charge is -2.10. The van der Waals surface area contributed by atoms with Crippen LogP contribution in [-0.2, 0) is 16.1 Å². The molecule has 0 bridgehead atoms. The summed E-state index contributed by atoms with van der Waals surface area (Å²) in [6.45, 7) is 6.62. The first-order valence-corrected chi connectivity index (χ1v) is 12.1. The van der Waals surface area contributed by atoms with Crippen molar-refractivity contribution in [2.45, 2.75) is 25.0 Å². The summed E-state index contributed by atoms with van der Waals surface area (Å²) in [5.74, 6) is 0.190. The van der Waals surface area contributed by atoms with Gasteiger partial charge < -0.3 is 9.30 Å².